The topological polar surface area (TPSA) is 58.1 Å². The molecule has 1 aromatic carbocycles. The van der Waals surface area contributed by atoms with E-state index in [0.717, 1.165) is 71.0 Å². The van der Waals surface area contributed by atoms with Crippen molar-refractivity contribution < 1.29 is 9.47 Å². The third-order valence-corrected chi connectivity index (χ3v) is 7.37. The number of fused-ring (bicyclic) bond motifs is 1. The fourth-order valence-corrected chi connectivity index (χ4v) is 5.56. The maximum absolute atomic E-state index is 6.16. The summed E-state index contributed by atoms with van der Waals surface area (Å²) in [5, 5.41) is 7.11. The summed E-state index contributed by atoms with van der Waals surface area (Å²) in [4.78, 5) is 6.96. The summed E-state index contributed by atoms with van der Waals surface area (Å²) in [5.74, 6) is 1.52. The fraction of sp³-hybridized carbons (Fsp3) is 0.720. The van der Waals surface area contributed by atoms with E-state index in [1.165, 1.54) is 5.56 Å². The zero-order valence-electron chi connectivity index (χ0n) is 19.5. The molecule has 3 unspecified atom stereocenters. The summed E-state index contributed by atoms with van der Waals surface area (Å²) >= 11 is 0. The lowest BCUT2D eigenvalue weighted by atomic mass is 9.57. The van der Waals surface area contributed by atoms with Crippen LogP contribution in [0.1, 0.15) is 45.1 Å². The van der Waals surface area contributed by atoms with Crippen molar-refractivity contribution in [2.45, 2.75) is 64.3 Å². The molecule has 0 radical (unpaired) electrons. The molecule has 4 rings (SSSR count). The lowest BCUT2D eigenvalue weighted by Gasteiger charge is -2.54. The van der Waals surface area contributed by atoms with Gasteiger partial charge in [0.1, 0.15) is 0 Å². The highest BCUT2D eigenvalue weighted by molar-refractivity contribution is 5.80. The van der Waals surface area contributed by atoms with Gasteiger partial charge in [0.15, 0.2) is 5.96 Å². The highest BCUT2D eigenvalue weighted by Crippen LogP contribution is 2.52. The third-order valence-electron chi connectivity index (χ3n) is 7.37. The Morgan fingerprint density at radius 1 is 1.19 bits per heavy atom. The van der Waals surface area contributed by atoms with Crippen LogP contribution in [0.3, 0.4) is 0 Å². The minimum absolute atomic E-state index is 0.164. The Kier molecular flexibility index (Phi) is 7.51. The average molecular weight is 429 g/mol. The molecule has 0 bridgehead atoms. The second kappa shape index (κ2) is 10.3. The maximum Gasteiger partial charge on any atom is 0.191 e. The van der Waals surface area contributed by atoms with Gasteiger partial charge in [0.2, 0.25) is 0 Å². The molecule has 2 saturated heterocycles. The predicted octanol–water partition coefficient (Wildman–Crippen LogP) is 3.04. The monoisotopic (exact) mass is 428 g/mol. The zero-order valence-corrected chi connectivity index (χ0v) is 19.5. The fourth-order valence-electron chi connectivity index (χ4n) is 5.56. The van der Waals surface area contributed by atoms with Gasteiger partial charge in [0.25, 0.3) is 0 Å². The average Bonchev–Trinajstić information content (AvgIpc) is 3.25. The Hall–Kier alpha value is -1.63. The molecule has 0 aromatic heterocycles. The summed E-state index contributed by atoms with van der Waals surface area (Å²) in [6.45, 7) is 10.5. The molecule has 2 heterocycles. The van der Waals surface area contributed by atoms with Crippen molar-refractivity contribution in [2.24, 2.45) is 16.3 Å². The maximum atomic E-state index is 6.16. The van der Waals surface area contributed by atoms with Crippen LogP contribution in [0, 0.1) is 11.3 Å². The Bertz CT molecular complexity index is 715. The van der Waals surface area contributed by atoms with Crippen LogP contribution in [0.25, 0.3) is 0 Å². The molecule has 2 N–H and O–H groups in total. The van der Waals surface area contributed by atoms with Gasteiger partial charge < -0.3 is 20.1 Å². The second-order valence-corrected chi connectivity index (χ2v) is 9.87. The summed E-state index contributed by atoms with van der Waals surface area (Å²) in [6.07, 6.45) is 5.21. The molecule has 1 saturated carbocycles. The Labute approximate surface area is 187 Å². The van der Waals surface area contributed by atoms with E-state index in [-0.39, 0.29) is 5.41 Å². The van der Waals surface area contributed by atoms with E-state index in [1.54, 1.807) is 0 Å². The van der Waals surface area contributed by atoms with E-state index >= 15 is 0 Å². The van der Waals surface area contributed by atoms with Crippen LogP contribution in [0.4, 0.5) is 0 Å². The molecule has 3 fully saturated rings. The standard InChI is InChI=1S/C25H40N4O2/c1-25(2)22(21-12-17-31-23(21)25)28-24(26-3)27-13-7-16-30-20-10-14-29(15-11-20)18-19-8-5-4-6-9-19/h4-6,8-9,20-23H,7,10-18H2,1-3H3,(H2,26,27,28). The summed E-state index contributed by atoms with van der Waals surface area (Å²) in [6, 6.07) is 11.2. The molecule has 6 heteroatoms. The first-order chi connectivity index (χ1) is 15.1. The first-order valence-corrected chi connectivity index (χ1v) is 12.0. The third kappa shape index (κ3) is 5.41. The predicted molar refractivity (Wildman–Crippen MR) is 125 cm³/mol. The van der Waals surface area contributed by atoms with Crippen LogP contribution in [0.5, 0.6) is 0 Å². The van der Waals surface area contributed by atoms with Crippen molar-refractivity contribution in [2.75, 3.05) is 39.9 Å². The Morgan fingerprint density at radius 3 is 2.71 bits per heavy atom. The molecular formula is C25H40N4O2. The molecular weight excluding hydrogens is 388 g/mol. The van der Waals surface area contributed by atoms with Gasteiger partial charge in [-0.2, -0.15) is 0 Å². The number of rotatable bonds is 8. The van der Waals surface area contributed by atoms with Crippen LogP contribution in [-0.2, 0) is 16.0 Å². The van der Waals surface area contributed by atoms with Gasteiger partial charge in [0.05, 0.1) is 12.2 Å². The first-order valence-electron chi connectivity index (χ1n) is 12.0. The van der Waals surface area contributed by atoms with E-state index in [9.17, 15) is 0 Å². The van der Waals surface area contributed by atoms with Gasteiger partial charge in [-0.25, -0.2) is 0 Å². The van der Waals surface area contributed by atoms with Gasteiger partial charge in [-0.15, -0.1) is 0 Å². The van der Waals surface area contributed by atoms with Crippen molar-refractivity contribution in [3.8, 4) is 0 Å². The Morgan fingerprint density at radius 2 is 1.97 bits per heavy atom. The van der Waals surface area contributed by atoms with Crippen LogP contribution >= 0.6 is 0 Å². The number of nitrogens with one attached hydrogen (secondary N) is 2. The highest BCUT2D eigenvalue weighted by Gasteiger charge is 2.59. The largest absolute Gasteiger partial charge is 0.378 e. The molecule has 3 atom stereocenters. The van der Waals surface area contributed by atoms with E-state index in [1.807, 2.05) is 7.05 Å². The first kappa shape index (κ1) is 22.6. The lowest BCUT2D eigenvalue weighted by Crippen LogP contribution is -2.68. The van der Waals surface area contributed by atoms with Gasteiger partial charge in [-0.05, 0) is 31.2 Å². The molecule has 1 aliphatic carbocycles. The van der Waals surface area contributed by atoms with Crippen LogP contribution < -0.4 is 10.6 Å². The molecule has 6 nitrogen and oxygen atoms in total. The van der Waals surface area contributed by atoms with Crippen molar-refractivity contribution in [3.63, 3.8) is 0 Å². The quantitative estimate of drug-likeness (QED) is 0.379. The number of aliphatic imine (C=N–C) groups is 1. The molecule has 31 heavy (non-hydrogen) atoms. The second-order valence-electron chi connectivity index (χ2n) is 9.87. The summed E-state index contributed by atoms with van der Waals surface area (Å²) < 4.78 is 12.1. The molecule has 0 spiro atoms. The number of guanidine groups is 1. The minimum Gasteiger partial charge on any atom is -0.378 e. The number of likely N-dealkylation sites (tertiary alicyclic amines) is 1. The zero-order chi connectivity index (χ0) is 21.7. The number of nitrogens with zero attached hydrogens (tertiary/aromatic N) is 2. The smallest absolute Gasteiger partial charge is 0.191 e. The SMILES string of the molecule is CN=C(NCCCOC1CCN(Cc2ccccc2)CC1)NC1C2CCOC2C1(C)C. The molecule has 2 aliphatic heterocycles. The number of piperidine rings is 1. The van der Waals surface area contributed by atoms with Crippen molar-refractivity contribution in [1.82, 2.24) is 15.5 Å². The van der Waals surface area contributed by atoms with Crippen molar-refractivity contribution >= 4 is 5.96 Å². The number of ether oxygens (including phenoxy) is 2. The number of hydrogen-bond donors (Lipinski definition) is 2. The normalized spacial score (nSPS) is 28.7. The van der Waals surface area contributed by atoms with E-state index in [4.69, 9.17) is 9.47 Å². The summed E-state index contributed by atoms with van der Waals surface area (Å²) in [5.41, 5.74) is 1.56. The summed E-state index contributed by atoms with van der Waals surface area (Å²) in [7, 11) is 1.85. The molecule has 3 aliphatic rings. The van der Waals surface area contributed by atoms with E-state index in [0.29, 0.717) is 24.2 Å². The van der Waals surface area contributed by atoms with Crippen LogP contribution in [0.15, 0.2) is 35.3 Å². The molecule has 172 valence electrons. The van der Waals surface area contributed by atoms with Gasteiger partial charge in [-0.3, -0.25) is 9.89 Å². The van der Waals surface area contributed by atoms with Crippen molar-refractivity contribution in [3.05, 3.63) is 35.9 Å². The number of benzene rings is 1. The highest BCUT2D eigenvalue weighted by atomic mass is 16.5. The van der Waals surface area contributed by atoms with Crippen LogP contribution in [-0.4, -0.2) is 69.0 Å². The van der Waals surface area contributed by atoms with Crippen LogP contribution in [0.2, 0.25) is 0 Å². The van der Waals surface area contributed by atoms with E-state index < -0.39 is 0 Å². The Balaban J connectivity index is 1.08. The minimum atomic E-state index is 0.164. The van der Waals surface area contributed by atoms with Gasteiger partial charge in [-0.1, -0.05) is 44.2 Å². The lowest BCUT2D eigenvalue weighted by molar-refractivity contribution is -0.106. The van der Waals surface area contributed by atoms with Gasteiger partial charge >= 0.3 is 0 Å². The van der Waals surface area contributed by atoms with Crippen molar-refractivity contribution in [1.29, 1.82) is 0 Å². The number of hydrogen-bond acceptors (Lipinski definition) is 4. The molecule has 0 amide bonds. The van der Waals surface area contributed by atoms with E-state index in [2.05, 4.69) is 64.7 Å². The van der Waals surface area contributed by atoms with Gasteiger partial charge in [0, 0.05) is 63.8 Å². The molecule has 1 aromatic rings.